The molecule has 0 radical (unpaired) electrons. The van der Waals surface area contributed by atoms with Crippen molar-refractivity contribution in [1.29, 1.82) is 0 Å². The molecule has 3 aromatic carbocycles. The van der Waals surface area contributed by atoms with E-state index in [2.05, 4.69) is 49.9 Å². The summed E-state index contributed by atoms with van der Waals surface area (Å²) < 4.78 is 21.3. The summed E-state index contributed by atoms with van der Waals surface area (Å²) in [4.78, 5) is 23.7. The van der Waals surface area contributed by atoms with Crippen molar-refractivity contribution in [2.45, 2.75) is 52.4 Å². The number of aliphatic hydroxyl groups excluding tert-OH is 2. The van der Waals surface area contributed by atoms with Crippen molar-refractivity contribution in [3.63, 3.8) is 0 Å². The maximum Gasteiger partial charge on any atom is 0.338 e. The molecule has 8 heteroatoms. The number of carbonyl (C=O) groups is 2. The molecule has 0 fully saturated rings. The normalized spacial score (nSPS) is 11.4. The van der Waals surface area contributed by atoms with Crippen LogP contribution in [-0.4, -0.2) is 49.0 Å². The maximum atomic E-state index is 11.9. The number of aryl methyl sites for hydroxylation is 1. The maximum absolute atomic E-state index is 11.9. The molecule has 3 rings (SSSR count). The number of carbonyl (C=O) groups excluding carboxylic acids is 2. The Bertz CT molecular complexity index is 1310. The molecule has 0 bridgehead atoms. The molecule has 0 aromatic heterocycles. The van der Waals surface area contributed by atoms with Crippen molar-refractivity contribution in [3.8, 4) is 33.8 Å². The third-order valence-electron chi connectivity index (χ3n) is 6.99. The van der Waals surface area contributed by atoms with E-state index in [-0.39, 0.29) is 23.7 Å². The highest BCUT2D eigenvalue weighted by Gasteiger charge is 2.15. The molecule has 3 aromatic rings. The van der Waals surface area contributed by atoms with Crippen LogP contribution in [0.3, 0.4) is 0 Å². The smallest absolute Gasteiger partial charge is 0.338 e. The minimum atomic E-state index is -0.786. The van der Waals surface area contributed by atoms with Crippen LogP contribution >= 0.6 is 0 Å². The Kier molecular flexibility index (Phi) is 13.8. The number of rotatable bonds is 18. The summed E-state index contributed by atoms with van der Waals surface area (Å²) in [5, 5.41) is 18.2. The van der Waals surface area contributed by atoms with Gasteiger partial charge >= 0.3 is 11.9 Å². The van der Waals surface area contributed by atoms with Crippen molar-refractivity contribution in [2.24, 2.45) is 5.92 Å². The van der Waals surface area contributed by atoms with E-state index in [1.165, 1.54) is 37.7 Å². The van der Waals surface area contributed by atoms with Gasteiger partial charge in [0.1, 0.15) is 0 Å². The predicted octanol–water partition coefficient (Wildman–Crippen LogP) is 6.47. The van der Waals surface area contributed by atoms with Gasteiger partial charge < -0.3 is 29.2 Å². The molecule has 0 saturated carbocycles. The molecule has 0 aliphatic carbocycles. The van der Waals surface area contributed by atoms with Gasteiger partial charge in [-0.2, -0.15) is 0 Å². The highest BCUT2D eigenvalue weighted by Crippen LogP contribution is 2.34. The van der Waals surface area contributed by atoms with Gasteiger partial charge in [0.15, 0.2) is 11.5 Å². The van der Waals surface area contributed by atoms with E-state index in [1.807, 2.05) is 18.2 Å². The molecule has 43 heavy (non-hydrogen) atoms. The van der Waals surface area contributed by atoms with Gasteiger partial charge in [-0.25, -0.2) is 4.79 Å². The number of ether oxygens (including phenoxy) is 4. The first-order chi connectivity index (χ1) is 20.9. The Morgan fingerprint density at radius 3 is 1.93 bits per heavy atom. The number of esters is 2. The minimum Gasteiger partial charge on any atom is -0.453 e. The number of benzene rings is 3. The largest absolute Gasteiger partial charge is 0.453 e. The monoisotopic (exact) mass is 590 g/mol. The fraction of sp³-hybridized carbons (Fsp3) is 0.371. The summed E-state index contributed by atoms with van der Waals surface area (Å²) in [6.07, 6.45) is 7.47. The van der Waals surface area contributed by atoms with Gasteiger partial charge in [-0.05, 0) is 59.7 Å². The average molecular weight is 591 g/mol. The Morgan fingerprint density at radius 2 is 1.30 bits per heavy atom. The summed E-state index contributed by atoms with van der Waals surface area (Å²) in [6.45, 7) is 5.48. The van der Waals surface area contributed by atoms with Gasteiger partial charge in [0.25, 0.3) is 0 Å². The van der Waals surface area contributed by atoms with E-state index in [9.17, 15) is 9.59 Å². The van der Waals surface area contributed by atoms with Crippen LogP contribution in [0, 0.1) is 5.92 Å². The lowest BCUT2D eigenvalue weighted by atomic mass is 9.98. The first-order valence-corrected chi connectivity index (χ1v) is 14.7. The zero-order chi connectivity index (χ0) is 31.0. The highest BCUT2D eigenvalue weighted by molar-refractivity contribution is 5.87. The van der Waals surface area contributed by atoms with E-state index < -0.39 is 38.0 Å². The molecular weight excluding hydrogens is 548 g/mol. The molecule has 2 N–H and O–H groups in total. The van der Waals surface area contributed by atoms with Crippen molar-refractivity contribution < 1.29 is 38.7 Å². The van der Waals surface area contributed by atoms with Gasteiger partial charge in [-0.3, -0.25) is 4.79 Å². The third kappa shape index (κ3) is 10.6. The van der Waals surface area contributed by atoms with Crippen LogP contribution in [0.25, 0.3) is 22.3 Å². The molecule has 0 heterocycles. The Labute approximate surface area is 253 Å². The lowest BCUT2D eigenvalue weighted by molar-refractivity contribution is -0.156. The third-order valence-corrected chi connectivity index (χ3v) is 6.99. The summed E-state index contributed by atoms with van der Waals surface area (Å²) in [7, 11) is 0. The number of unbranched alkanes of at least 4 members (excludes halogenated alkanes) is 4. The van der Waals surface area contributed by atoms with Crippen LogP contribution in [0.4, 0.5) is 0 Å². The minimum absolute atomic E-state index is 0.0995. The SMILES string of the molecule is C=C(CO)C(=O)OCOc1ccc(-c2ccc(-c3ccc(CCCCCCC)cc3)cc2)cc1OCOC(=O)C(C)CO. The standard InChI is InChI=1S/C35H42O8/c1-4-5-6-7-8-9-27-10-12-28(13-11-27)29-14-16-30(17-15-29)31-18-19-32(40-23-42-34(38)25(2)21-36)33(20-31)41-24-43-35(39)26(3)22-37/h10-20,26,36-37H,2,4-9,21-24H2,1,3H3. The molecule has 0 spiro atoms. The molecule has 1 unspecified atom stereocenters. The lowest BCUT2D eigenvalue weighted by Crippen LogP contribution is -2.20. The molecular formula is C35H42O8. The van der Waals surface area contributed by atoms with Gasteiger partial charge in [0, 0.05) is 0 Å². The van der Waals surface area contributed by atoms with Crippen LogP contribution in [0.15, 0.2) is 78.9 Å². The average Bonchev–Trinajstić information content (AvgIpc) is 3.04. The second-order valence-corrected chi connectivity index (χ2v) is 10.4. The van der Waals surface area contributed by atoms with Crippen LogP contribution in [0.2, 0.25) is 0 Å². The second-order valence-electron chi connectivity index (χ2n) is 10.4. The quantitative estimate of drug-likeness (QED) is 0.0751. The van der Waals surface area contributed by atoms with Gasteiger partial charge in [0.2, 0.25) is 13.6 Å². The van der Waals surface area contributed by atoms with E-state index in [1.54, 1.807) is 19.1 Å². The van der Waals surface area contributed by atoms with Crippen molar-refractivity contribution in [3.05, 3.63) is 84.4 Å². The number of hydrogen-bond acceptors (Lipinski definition) is 8. The molecule has 8 nitrogen and oxygen atoms in total. The van der Waals surface area contributed by atoms with E-state index in [0.29, 0.717) is 0 Å². The topological polar surface area (TPSA) is 112 Å². The van der Waals surface area contributed by atoms with Crippen LogP contribution in [0.5, 0.6) is 11.5 Å². The Hall–Kier alpha value is -4.14. The van der Waals surface area contributed by atoms with E-state index in [0.717, 1.165) is 28.7 Å². The molecule has 1 atom stereocenters. The molecule has 0 amide bonds. The van der Waals surface area contributed by atoms with Gasteiger partial charge in [-0.15, -0.1) is 0 Å². The second kappa shape index (κ2) is 17.7. The lowest BCUT2D eigenvalue weighted by Gasteiger charge is -2.15. The highest BCUT2D eigenvalue weighted by atomic mass is 16.7. The molecule has 0 aliphatic heterocycles. The number of hydrogen-bond donors (Lipinski definition) is 2. The fourth-order valence-electron chi connectivity index (χ4n) is 4.25. The molecule has 0 aliphatic rings. The van der Waals surface area contributed by atoms with Crippen molar-refractivity contribution in [2.75, 3.05) is 26.8 Å². The van der Waals surface area contributed by atoms with Crippen LogP contribution < -0.4 is 9.47 Å². The van der Waals surface area contributed by atoms with Crippen molar-refractivity contribution >= 4 is 11.9 Å². The molecule has 0 saturated heterocycles. The van der Waals surface area contributed by atoms with Crippen LogP contribution in [-0.2, 0) is 25.5 Å². The van der Waals surface area contributed by atoms with Gasteiger partial charge in [0.05, 0.1) is 24.7 Å². The van der Waals surface area contributed by atoms with E-state index >= 15 is 0 Å². The molecule has 230 valence electrons. The van der Waals surface area contributed by atoms with Gasteiger partial charge in [-0.1, -0.05) is 93.8 Å². The number of aliphatic hydroxyl groups is 2. The zero-order valence-corrected chi connectivity index (χ0v) is 25.1. The predicted molar refractivity (Wildman–Crippen MR) is 165 cm³/mol. The van der Waals surface area contributed by atoms with Crippen LogP contribution in [0.1, 0.15) is 51.5 Å². The first kappa shape index (κ1) is 33.4. The Balaban J connectivity index is 1.70. The zero-order valence-electron chi connectivity index (χ0n) is 25.1. The Morgan fingerprint density at radius 1 is 0.744 bits per heavy atom. The van der Waals surface area contributed by atoms with E-state index in [4.69, 9.17) is 29.2 Å². The summed E-state index contributed by atoms with van der Waals surface area (Å²) in [6, 6.07) is 22.1. The summed E-state index contributed by atoms with van der Waals surface area (Å²) in [5.41, 5.74) is 5.26. The summed E-state index contributed by atoms with van der Waals surface area (Å²) in [5.74, 6) is -1.57. The van der Waals surface area contributed by atoms with Crippen molar-refractivity contribution in [1.82, 2.24) is 0 Å². The summed E-state index contributed by atoms with van der Waals surface area (Å²) >= 11 is 0. The first-order valence-electron chi connectivity index (χ1n) is 14.7. The fourth-order valence-corrected chi connectivity index (χ4v) is 4.25.